The Hall–Kier alpha value is -2.37. The SMILES string of the molecule is N#Cc1cnn(C2CC(c3ccc(F)cc3)CC2N2CCC(F)(F)C(N)C2)c1. The number of alkyl halides is 2. The molecule has 1 saturated heterocycles. The Morgan fingerprint density at radius 1 is 1.18 bits per heavy atom. The summed E-state index contributed by atoms with van der Waals surface area (Å²) in [5.74, 6) is -2.98. The second-order valence-corrected chi connectivity index (χ2v) is 7.79. The van der Waals surface area contributed by atoms with E-state index in [0.29, 0.717) is 5.56 Å². The minimum absolute atomic E-state index is 0.0244. The number of hydrogen-bond donors (Lipinski definition) is 1. The maximum absolute atomic E-state index is 13.9. The lowest BCUT2D eigenvalue weighted by Crippen LogP contribution is -2.58. The number of nitrogens with two attached hydrogens (primary N) is 1. The van der Waals surface area contributed by atoms with Gasteiger partial charge in [-0.15, -0.1) is 0 Å². The van der Waals surface area contributed by atoms with Gasteiger partial charge in [0.15, 0.2) is 0 Å². The molecular formula is C20H22F3N5. The lowest BCUT2D eigenvalue weighted by molar-refractivity contribution is -0.0822. The summed E-state index contributed by atoms with van der Waals surface area (Å²) < 4.78 is 42.8. The maximum atomic E-state index is 13.9. The zero-order valence-corrected chi connectivity index (χ0v) is 15.3. The van der Waals surface area contributed by atoms with E-state index >= 15 is 0 Å². The van der Waals surface area contributed by atoms with Crippen LogP contribution in [-0.2, 0) is 0 Å². The lowest BCUT2D eigenvalue weighted by atomic mass is 9.96. The van der Waals surface area contributed by atoms with Gasteiger partial charge in [-0.1, -0.05) is 12.1 Å². The molecule has 1 aromatic carbocycles. The van der Waals surface area contributed by atoms with E-state index in [4.69, 9.17) is 11.0 Å². The molecule has 0 amide bonds. The lowest BCUT2D eigenvalue weighted by Gasteiger charge is -2.41. The Bertz CT molecular complexity index is 873. The van der Waals surface area contributed by atoms with E-state index in [1.54, 1.807) is 23.0 Å². The summed E-state index contributed by atoms with van der Waals surface area (Å²) in [5, 5.41) is 13.4. The van der Waals surface area contributed by atoms with Gasteiger partial charge < -0.3 is 5.73 Å². The predicted octanol–water partition coefficient (Wildman–Crippen LogP) is 3.05. The molecule has 5 nitrogen and oxygen atoms in total. The summed E-state index contributed by atoms with van der Waals surface area (Å²) in [5.41, 5.74) is 7.23. The number of nitrogens with zero attached hydrogens (tertiary/aromatic N) is 4. The van der Waals surface area contributed by atoms with Gasteiger partial charge in [0.25, 0.3) is 5.92 Å². The van der Waals surface area contributed by atoms with E-state index in [0.717, 1.165) is 18.4 Å². The molecule has 28 heavy (non-hydrogen) atoms. The summed E-state index contributed by atoms with van der Waals surface area (Å²) in [6, 6.07) is 7.23. The third-order valence-electron chi connectivity index (χ3n) is 6.08. The molecule has 148 valence electrons. The highest BCUT2D eigenvalue weighted by Crippen LogP contribution is 2.44. The van der Waals surface area contributed by atoms with Crippen LogP contribution in [0.1, 0.15) is 42.3 Å². The van der Waals surface area contributed by atoms with E-state index in [1.807, 2.05) is 4.90 Å². The van der Waals surface area contributed by atoms with Crippen LogP contribution < -0.4 is 5.73 Å². The van der Waals surface area contributed by atoms with Crippen LogP contribution in [0.25, 0.3) is 0 Å². The largest absolute Gasteiger partial charge is 0.322 e. The van der Waals surface area contributed by atoms with Gasteiger partial charge in [-0.2, -0.15) is 10.4 Å². The highest BCUT2D eigenvalue weighted by Gasteiger charge is 2.47. The molecule has 2 N–H and O–H groups in total. The molecule has 4 atom stereocenters. The van der Waals surface area contributed by atoms with Crippen molar-refractivity contribution in [2.24, 2.45) is 5.73 Å². The summed E-state index contributed by atoms with van der Waals surface area (Å²) >= 11 is 0. The second kappa shape index (κ2) is 7.22. The second-order valence-electron chi connectivity index (χ2n) is 7.79. The van der Waals surface area contributed by atoms with E-state index in [9.17, 15) is 13.2 Å². The number of aromatic nitrogens is 2. The molecule has 0 radical (unpaired) electrons. The van der Waals surface area contributed by atoms with Crippen molar-refractivity contribution in [2.45, 2.75) is 49.2 Å². The number of hydrogen-bond acceptors (Lipinski definition) is 4. The van der Waals surface area contributed by atoms with Crippen LogP contribution in [0.5, 0.6) is 0 Å². The minimum Gasteiger partial charge on any atom is -0.322 e. The predicted molar refractivity (Wildman–Crippen MR) is 97.3 cm³/mol. The first-order valence-electron chi connectivity index (χ1n) is 9.44. The van der Waals surface area contributed by atoms with Gasteiger partial charge >= 0.3 is 0 Å². The van der Waals surface area contributed by atoms with Crippen molar-refractivity contribution in [1.29, 1.82) is 5.26 Å². The molecule has 0 spiro atoms. The number of likely N-dealkylation sites (tertiary alicyclic amines) is 1. The monoisotopic (exact) mass is 389 g/mol. The molecule has 0 bridgehead atoms. The van der Waals surface area contributed by atoms with Gasteiger partial charge in [0.2, 0.25) is 0 Å². The van der Waals surface area contributed by atoms with Gasteiger partial charge in [-0.05, 0) is 36.5 Å². The molecular weight excluding hydrogens is 367 g/mol. The molecule has 2 aliphatic rings. The van der Waals surface area contributed by atoms with Gasteiger partial charge in [-0.25, -0.2) is 13.2 Å². The van der Waals surface area contributed by atoms with Gasteiger partial charge in [0, 0.05) is 31.7 Å². The Morgan fingerprint density at radius 3 is 2.54 bits per heavy atom. The van der Waals surface area contributed by atoms with E-state index < -0.39 is 12.0 Å². The molecule has 8 heteroatoms. The van der Waals surface area contributed by atoms with Crippen molar-refractivity contribution in [1.82, 2.24) is 14.7 Å². The quantitative estimate of drug-likeness (QED) is 0.876. The summed E-state index contributed by atoms with van der Waals surface area (Å²) in [4.78, 5) is 2.03. The highest BCUT2D eigenvalue weighted by atomic mass is 19.3. The summed E-state index contributed by atoms with van der Waals surface area (Å²) in [6.07, 6.45) is 4.43. The van der Waals surface area contributed by atoms with Crippen molar-refractivity contribution >= 4 is 0 Å². The fraction of sp³-hybridized carbons (Fsp3) is 0.500. The first-order chi connectivity index (χ1) is 13.4. The van der Waals surface area contributed by atoms with Crippen molar-refractivity contribution in [2.75, 3.05) is 13.1 Å². The minimum atomic E-state index is -2.85. The first kappa shape index (κ1) is 19.0. The Balaban J connectivity index is 1.61. The molecule has 1 aliphatic carbocycles. The van der Waals surface area contributed by atoms with E-state index in [-0.39, 0.29) is 43.3 Å². The zero-order valence-electron chi connectivity index (χ0n) is 15.3. The number of halogens is 3. The first-order valence-corrected chi connectivity index (χ1v) is 9.44. The fourth-order valence-corrected chi connectivity index (χ4v) is 4.51. The van der Waals surface area contributed by atoms with Gasteiger partial charge in [-0.3, -0.25) is 9.58 Å². The van der Waals surface area contributed by atoms with Crippen molar-refractivity contribution in [3.8, 4) is 6.07 Å². The molecule has 4 rings (SSSR count). The highest BCUT2D eigenvalue weighted by molar-refractivity contribution is 5.25. The fourth-order valence-electron chi connectivity index (χ4n) is 4.51. The van der Waals surface area contributed by atoms with E-state index in [2.05, 4.69) is 11.2 Å². The molecule has 2 aromatic rings. The van der Waals surface area contributed by atoms with Crippen molar-refractivity contribution in [3.05, 3.63) is 53.6 Å². The third-order valence-corrected chi connectivity index (χ3v) is 6.08. The Morgan fingerprint density at radius 2 is 1.89 bits per heavy atom. The Labute approximate surface area is 161 Å². The van der Waals surface area contributed by atoms with Crippen LogP contribution in [0.4, 0.5) is 13.2 Å². The van der Waals surface area contributed by atoms with Crippen LogP contribution in [0.2, 0.25) is 0 Å². The van der Waals surface area contributed by atoms with Crippen molar-refractivity contribution < 1.29 is 13.2 Å². The summed E-state index contributed by atoms with van der Waals surface area (Å²) in [6.45, 7) is 0.390. The van der Waals surface area contributed by atoms with Crippen LogP contribution in [0.15, 0.2) is 36.7 Å². The van der Waals surface area contributed by atoms with Crippen LogP contribution in [0, 0.1) is 17.1 Å². The maximum Gasteiger partial charge on any atom is 0.265 e. The topological polar surface area (TPSA) is 70.9 Å². The normalized spacial score (nSPS) is 30.2. The number of nitriles is 1. The average molecular weight is 389 g/mol. The molecule has 1 aliphatic heterocycles. The smallest absolute Gasteiger partial charge is 0.265 e. The van der Waals surface area contributed by atoms with Crippen molar-refractivity contribution in [3.63, 3.8) is 0 Å². The molecule has 2 fully saturated rings. The van der Waals surface area contributed by atoms with Crippen LogP contribution in [0.3, 0.4) is 0 Å². The van der Waals surface area contributed by atoms with Crippen LogP contribution in [-0.4, -0.2) is 45.8 Å². The van der Waals surface area contributed by atoms with Crippen LogP contribution >= 0.6 is 0 Å². The standard InChI is InChI=1S/C20H22F3N5/c21-16-3-1-14(2-4-16)15-7-17(27-6-5-20(22,23)19(25)12-27)18(8-15)28-11-13(9-24)10-26-28/h1-4,10-11,15,17-19H,5-8,12,25H2. The number of piperidine rings is 1. The Kier molecular flexibility index (Phi) is 4.89. The van der Waals surface area contributed by atoms with Gasteiger partial charge in [0.1, 0.15) is 11.9 Å². The molecule has 2 heterocycles. The van der Waals surface area contributed by atoms with Gasteiger partial charge in [0.05, 0.1) is 23.8 Å². The summed E-state index contributed by atoms with van der Waals surface area (Å²) in [7, 11) is 0. The molecule has 1 aromatic heterocycles. The number of benzene rings is 1. The average Bonchev–Trinajstić information content (AvgIpc) is 3.31. The molecule has 1 saturated carbocycles. The zero-order chi connectivity index (χ0) is 19.9. The molecule has 4 unspecified atom stereocenters. The van der Waals surface area contributed by atoms with E-state index in [1.165, 1.54) is 18.3 Å². The third kappa shape index (κ3) is 3.52. The number of rotatable bonds is 3.